The highest BCUT2D eigenvalue weighted by Gasteiger charge is 2.21. The maximum absolute atomic E-state index is 5.89. The van der Waals surface area contributed by atoms with Crippen LogP contribution in [0.5, 0.6) is 11.5 Å². The molecule has 6 nitrogen and oxygen atoms in total. The summed E-state index contributed by atoms with van der Waals surface area (Å²) in [6, 6.07) is 7.95. The largest absolute Gasteiger partial charge is 0.494 e. The quantitative estimate of drug-likeness (QED) is 0.422. The van der Waals surface area contributed by atoms with Crippen molar-refractivity contribution < 1.29 is 9.47 Å². The third-order valence-corrected chi connectivity index (χ3v) is 4.77. The zero-order valence-electron chi connectivity index (χ0n) is 16.6. The molecule has 0 spiro atoms. The zero-order chi connectivity index (χ0) is 19.9. The zero-order valence-corrected chi connectivity index (χ0v) is 17.3. The van der Waals surface area contributed by atoms with Crippen LogP contribution in [0.4, 0.5) is 0 Å². The van der Waals surface area contributed by atoms with E-state index in [1.807, 2.05) is 13.0 Å². The molecule has 0 fully saturated rings. The summed E-state index contributed by atoms with van der Waals surface area (Å²) in [4.78, 5) is 8.39. The number of aromatic nitrogens is 1. The summed E-state index contributed by atoms with van der Waals surface area (Å²) in [6.07, 6.45) is 3.76. The van der Waals surface area contributed by atoms with Gasteiger partial charge in [0, 0.05) is 43.9 Å². The van der Waals surface area contributed by atoms with Crippen LogP contribution >= 0.6 is 11.6 Å². The summed E-state index contributed by atoms with van der Waals surface area (Å²) in [6.45, 7) is 6.05. The molecular formula is C21H27ClN4O2. The summed E-state index contributed by atoms with van der Waals surface area (Å²) >= 11 is 5.82. The molecule has 1 aliphatic rings. The fourth-order valence-electron chi connectivity index (χ4n) is 3.19. The van der Waals surface area contributed by atoms with Crippen LogP contribution in [0.3, 0.4) is 0 Å². The number of aliphatic imine (C=N–C) groups is 1. The van der Waals surface area contributed by atoms with E-state index >= 15 is 0 Å². The first kappa shape index (κ1) is 20.3. The lowest BCUT2D eigenvalue weighted by Crippen LogP contribution is -2.38. The number of fused-ring (bicyclic) bond motifs is 1. The van der Waals surface area contributed by atoms with Gasteiger partial charge in [0.25, 0.3) is 0 Å². The fourth-order valence-corrected chi connectivity index (χ4v) is 3.30. The van der Waals surface area contributed by atoms with Crippen molar-refractivity contribution in [1.29, 1.82) is 0 Å². The molecule has 1 atom stereocenters. The van der Waals surface area contributed by atoms with E-state index in [2.05, 4.69) is 39.7 Å². The minimum Gasteiger partial charge on any atom is -0.494 e. The minimum absolute atomic E-state index is 0.212. The number of guanidine groups is 1. The van der Waals surface area contributed by atoms with Gasteiger partial charge < -0.3 is 20.1 Å². The molecule has 0 radical (unpaired) electrons. The average molecular weight is 403 g/mol. The van der Waals surface area contributed by atoms with Gasteiger partial charge >= 0.3 is 0 Å². The van der Waals surface area contributed by atoms with E-state index in [0.29, 0.717) is 18.3 Å². The summed E-state index contributed by atoms with van der Waals surface area (Å²) in [5.41, 5.74) is 3.38. The Morgan fingerprint density at radius 3 is 2.93 bits per heavy atom. The normalized spacial score (nSPS) is 15.7. The summed E-state index contributed by atoms with van der Waals surface area (Å²) in [5.74, 6) is 2.58. The molecule has 2 aromatic rings. The first-order chi connectivity index (χ1) is 13.6. The molecular weight excluding hydrogens is 376 g/mol. The number of halogens is 1. The van der Waals surface area contributed by atoms with Crippen molar-refractivity contribution in [2.24, 2.45) is 4.99 Å². The van der Waals surface area contributed by atoms with E-state index in [1.54, 1.807) is 19.3 Å². The van der Waals surface area contributed by atoms with Crippen molar-refractivity contribution in [3.63, 3.8) is 0 Å². The number of nitrogens with zero attached hydrogens (tertiary/aromatic N) is 2. The Kier molecular flexibility index (Phi) is 6.98. The molecule has 7 heteroatoms. The van der Waals surface area contributed by atoms with Gasteiger partial charge in [-0.25, -0.2) is 4.98 Å². The van der Waals surface area contributed by atoms with Crippen molar-refractivity contribution in [2.75, 3.05) is 20.2 Å². The SMILES string of the molecule is CCOc1cc2c(cc1CNC(=NC)NCCc1ccc(Cl)nc1)OC(C)C2. The Morgan fingerprint density at radius 1 is 1.36 bits per heavy atom. The number of nitrogens with one attached hydrogen (secondary N) is 2. The molecule has 1 unspecified atom stereocenters. The van der Waals surface area contributed by atoms with Gasteiger partial charge in [-0.1, -0.05) is 17.7 Å². The molecule has 1 aliphatic heterocycles. The predicted molar refractivity (Wildman–Crippen MR) is 113 cm³/mol. The second-order valence-corrected chi connectivity index (χ2v) is 7.11. The van der Waals surface area contributed by atoms with Crippen molar-refractivity contribution in [1.82, 2.24) is 15.6 Å². The van der Waals surface area contributed by atoms with Crippen LogP contribution in [0.1, 0.15) is 30.5 Å². The molecule has 1 aromatic heterocycles. The number of hydrogen-bond donors (Lipinski definition) is 2. The summed E-state index contributed by atoms with van der Waals surface area (Å²) < 4.78 is 11.7. The lowest BCUT2D eigenvalue weighted by atomic mass is 10.1. The predicted octanol–water partition coefficient (Wildman–Crippen LogP) is 3.36. The van der Waals surface area contributed by atoms with E-state index in [0.717, 1.165) is 48.0 Å². The molecule has 3 rings (SSSR count). The molecule has 2 heterocycles. The number of pyridine rings is 1. The lowest BCUT2D eigenvalue weighted by molar-refractivity contribution is 0.254. The van der Waals surface area contributed by atoms with Gasteiger partial charge in [-0.3, -0.25) is 4.99 Å². The molecule has 1 aromatic carbocycles. The van der Waals surface area contributed by atoms with Crippen molar-refractivity contribution in [2.45, 2.75) is 39.3 Å². The highest BCUT2D eigenvalue weighted by atomic mass is 35.5. The van der Waals surface area contributed by atoms with Crippen LogP contribution in [0.25, 0.3) is 0 Å². The van der Waals surface area contributed by atoms with E-state index in [9.17, 15) is 0 Å². The average Bonchev–Trinajstić information content (AvgIpc) is 3.05. The third-order valence-electron chi connectivity index (χ3n) is 4.54. The van der Waals surface area contributed by atoms with Gasteiger partial charge in [0.15, 0.2) is 5.96 Å². The molecule has 2 N–H and O–H groups in total. The molecule has 0 aliphatic carbocycles. The summed E-state index contributed by atoms with van der Waals surface area (Å²) in [7, 11) is 1.76. The molecule has 0 saturated heterocycles. The number of ether oxygens (including phenoxy) is 2. The Hall–Kier alpha value is -2.47. The van der Waals surface area contributed by atoms with Gasteiger partial charge in [-0.05, 0) is 44.0 Å². The monoisotopic (exact) mass is 402 g/mol. The van der Waals surface area contributed by atoms with Crippen LogP contribution in [-0.4, -0.2) is 37.2 Å². The molecule has 0 bridgehead atoms. The van der Waals surface area contributed by atoms with Crippen LogP contribution in [0.2, 0.25) is 5.15 Å². The van der Waals surface area contributed by atoms with Gasteiger partial charge in [0.1, 0.15) is 22.8 Å². The lowest BCUT2D eigenvalue weighted by Gasteiger charge is -2.15. The van der Waals surface area contributed by atoms with Gasteiger partial charge in [0.05, 0.1) is 6.61 Å². The Labute approximate surface area is 171 Å². The van der Waals surface area contributed by atoms with Crippen molar-refractivity contribution in [3.05, 3.63) is 52.3 Å². The molecule has 0 saturated carbocycles. The number of rotatable bonds is 7. The molecule has 150 valence electrons. The second kappa shape index (κ2) is 9.64. The maximum atomic E-state index is 5.89. The fraction of sp³-hybridized carbons (Fsp3) is 0.429. The standard InChI is InChI=1S/C21H27ClN4O2/c1-4-27-18-10-16-9-14(2)28-19(16)11-17(18)13-26-21(23-3)24-8-7-15-5-6-20(22)25-12-15/h5-6,10-12,14H,4,7-9,13H2,1-3H3,(H2,23,24,26). The first-order valence-corrected chi connectivity index (χ1v) is 9.97. The summed E-state index contributed by atoms with van der Waals surface area (Å²) in [5, 5.41) is 7.18. The Balaban J connectivity index is 1.57. The van der Waals surface area contributed by atoms with E-state index in [-0.39, 0.29) is 6.10 Å². The smallest absolute Gasteiger partial charge is 0.191 e. The van der Waals surface area contributed by atoms with E-state index < -0.39 is 0 Å². The Bertz CT molecular complexity index is 824. The number of hydrogen-bond acceptors (Lipinski definition) is 4. The molecule has 0 amide bonds. The first-order valence-electron chi connectivity index (χ1n) is 9.59. The van der Waals surface area contributed by atoms with Crippen LogP contribution in [0.15, 0.2) is 35.5 Å². The Morgan fingerprint density at radius 2 is 2.21 bits per heavy atom. The minimum atomic E-state index is 0.212. The maximum Gasteiger partial charge on any atom is 0.191 e. The number of benzene rings is 1. The van der Waals surface area contributed by atoms with Crippen LogP contribution < -0.4 is 20.1 Å². The van der Waals surface area contributed by atoms with Crippen LogP contribution in [-0.2, 0) is 19.4 Å². The second-order valence-electron chi connectivity index (χ2n) is 6.72. The van der Waals surface area contributed by atoms with Gasteiger partial charge in [0.2, 0.25) is 0 Å². The topological polar surface area (TPSA) is 67.8 Å². The van der Waals surface area contributed by atoms with Gasteiger partial charge in [-0.15, -0.1) is 0 Å². The molecule has 28 heavy (non-hydrogen) atoms. The van der Waals surface area contributed by atoms with Crippen molar-refractivity contribution >= 4 is 17.6 Å². The highest BCUT2D eigenvalue weighted by Crippen LogP contribution is 2.35. The van der Waals surface area contributed by atoms with Gasteiger partial charge in [-0.2, -0.15) is 0 Å². The third kappa shape index (κ3) is 5.29. The van der Waals surface area contributed by atoms with Crippen molar-refractivity contribution in [3.8, 4) is 11.5 Å². The van der Waals surface area contributed by atoms with E-state index in [4.69, 9.17) is 21.1 Å². The van der Waals surface area contributed by atoms with E-state index in [1.165, 1.54) is 5.56 Å². The highest BCUT2D eigenvalue weighted by molar-refractivity contribution is 6.29. The van der Waals surface area contributed by atoms with Crippen LogP contribution in [0, 0.1) is 0 Å².